The van der Waals surface area contributed by atoms with Crippen molar-refractivity contribution in [3.8, 4) is 17.6 Å². The normalized spacial score (nSPS) is 19.7. The van der Waals surface area contributed by atoms with Gasteiger partial charge in [-0.1, -0.05) is 30.9 Å². The van der Waals surface area contributed by atoms with Crippen molar-refractivity contribution in [2.45, 2.75) is 30.9 Å². The molecule has 1 aliphatic rings. The van der Waals surface area contributed by atoms with Crippen LogP contribution in [0.4, 0.5) is 14.9 Å². The van der Waals surface area contributed by atoms with Gasteiger partial charge in [-0.3, -0.25) is 0 Å². The first kappa shape index (κ1) is 28.4. The number of nitrogens with one attached hydrogen (secondary N) is 1. The molecule has 0 unspecified atom stereocenters. The van der Waals surface area contributed by atoms with Crippen LogP contribution in [-0.2, 0) is 14.8 Å². The predicted molar refractivity (Wildman–Crippen MR) is 137 cm³/mol. The van der Waals surface area contributed by atoms with Gasteiger partial charge in [0.15, 0.2) is 0 Å². The molecule has 0 fully saturated rings. The van der Waals surface area contributed by atoms with Crippen LogP contribution in [0.25, 0.3) is 0 Å². The molecule has 3 atom stereocenters. The molecule has 0 saturated carbocycles. The lowest BCUT2D eigenvalue weighted by Crippen LogP contribution is -2.50. The largest absolute Gasteiger partial charge is 0.487 e. The molecular weight excluding hydrogens is 501 g/mol. The second kappa shape index (κ2) is 12.4. The summed E-state index contributed by atoms with van der Waals surface area (Å²) in [5, 5.41) is 12.3. The lowest BCUT2D eigenvalue weighted by molar-refractivity contribution is 0.0830. The zero-order valence-electron chi connectivity index (χ0n) is 21.3. The van der Waals surface area contributed by atoms with Crippen molar-refractivity contribution < 1.29 is 32.2 Å². The van der Waals surface area contributed by atoms with Crippen molar-refractivity contribution in [3.63, 3.8) is 0 Å². The van der Waals surface area contributed by atoms with Crippen molar-refractivity contribution in [1.29, 1.82) is 0 Å². The molecule has 37 heavy (non-hydrogen) atoms. The van der Waals surface area contributed by atoms with Crippen LogP contribution < -0.4 is 10.1 Å². The SMILES string of the molecule is COCC#Cc1ccc2c(c1)O[C@H](CN(C)C(=O)Nc1ccccc1F)[C@@H](C)CN([C@H](C)CO)S2(=O)=O. The third-order valence-corrected chi connectivity index (χ3v) is 8.05. The topological polar surface area (TPSA) is 108 Å². The summed E-state index contributed by atoms with van der Waals surface area (Å²) in [5.74, 6) is 4.90. The van der Waals surface area contributed by atoms with Crippen molar-refractivity contribution in [3.05, 3.63) is 53.8 Å². The van der Waals surface area contributed by atoms with Crippen LogP contribution in [0.2, 0.25) is 0 Å². The highest BCUT2D eigenvalue weighted by Crippen LogP contribution is 2.34. The molecule has 0 aliphatic carbocycles. The minimum absolute atomic E-state index is 0.0460. The van der Waals surface area contributed by atoms with E-state index in [9.17, 15) is 22.7 Å². The first-order chi connectivity index (χ1) is 17.6. The Morgan fingerprint density at radius 3 is 2.76 bits per heavy atom. The summed E-state index contributed by atoms with van der Waals surface area (Å²) in [4.78, 5) is 14.1. The van der Waals surface area contributed by atoms with Gasteiger partial charge in [-0.25, -0.2) is 17.6 Å². The minimum atomic E-state index is -4.00. The van der Waals surface area contributed by atoms with E-state index in [1.165, 1.54) is 40.6 Å². The number of fused-ring (bicyclic) bond motifs is 1. The number of aliphatic hydroxyl groups is 1. The molecule has 2 aromatic carbocycles. The van der Waals surface area contributed by atoms with Gasteiger partial charge < -0.3 is 24.8 Å². The summed E-state index contributed by atoms with van der Waals surface area (Å²) in [7, 11) is -0.936. The predicted octanol–water partition coefficient (Wildman–Crippen LogP) is 2.76. The van der Waals surface area contributed by atoms with E-state index in [0.717, 1.165) is 0 Å². The minimum Gasteiger partial charge on any atom is -0.487 e. The number of halogens is 1. The third-order valence-electron chi connectivity index (χ3n) is 6.03. The van der Waals surface area contributed by atoms with Crippen LogP contribution in [0.5, 0.6) is 5.75 Å². The monoisotopic (exact) mass is 533 g/mol. The molecule has 0 aromatic heterocycles. The van der Waals surface area contributed by atoms with E-state index < -0.39 is 34.0 Å². The van der Waals surface area contributed by atoms with E-state index in [2.05, 4.69) is 17.2 Å². The number of carbonyl (C=O) groups is 1. The fourth-order valence-electron chi connectivity index (χ4n) is 3.86. The Kier molecular flexibility index (Phi) is 9.50. The summed E-state index contributed by atoms with van der Waals surface area (Å²) in [6, 6.07) is 9.17. The average molecular weight is 534 g/mol. The molecular formula is C26H32FN3O6S. The van der Waals surface area contributed by atoms with Gasteiger partial charge in [0, 0.05) is 38.2 Å². The maximum Gasteiger partial charge on any atom is 0.321 e. The van der Waals surface area contributed by atoms with Gasteiger partial charge in [0.25, 0.3) is 0 Å². The van der Waals surface area contributed by atoms with Crippen LogP contribution in [0.15, 0.2) is 47.4 Å². The number of methoxy groups -OCH3 is 1. The molecule has 3 rings (SSSR count). The van der Waals surface area contributed by atoms with Gasteiger partial charge in [-0.2, -0.15) is 4.31 Å². The van der Waals surface area contributed by atoms with Gasteiger partial charge >= 0.3 is 6.03 Å². The number of aliphatic hydroxyl groups excluding tert-OH is 1. The van der Waals surface area contributed by atoms with Gasteiger partial charge in [0.2, 0.25) is 10.0 Å². The van der Waals surface area contributed by atoms with E-state index in [1.54, 1.807) is 32.2 Å². The Morgan fingerprint density at radius 1 is 1.35 bits per heavy atom. The highest BCUT2D eigenvalue weighted by Gasteiger charge is 2.38. The smallest absolute Gasteiger partial charge is 0.321 e. The second-order valence-corrected chi connectivity index (χ2v) is 10.8. The molecule has 2 aromatic rings. The highest BCUT2D eigenvalue weighted by molar-refractivity contribution is 7.89. The zero-order chi connectivity index (χ0) is 27.2. The Hall–Kier alpha value is -3.17. The number of benzene rings is 2. The molecule has 2 amide bonds. The quantitative estimate of drug-likeness (QED) is 0.553. The van der Waals surface area contributed by atoms with E-state index >= 15 is 0 Å². The van der Waals surface area contributed by atoms with Crippen LogP contribution in [-0.4, -0.2) is 81.4 Å². The number of anilines is 1. The van der Waals surface area contributed by atoms with Crippen molar-refractivity contribution >= 4 is 21.7 Å². The van der Waals surface area contributed by atoms with Crippen molar-refractivity contribution in [1.82, 2.24) is 9.21 Å². The number of rotatable bonds is 6. The van der Waals surface area contributed by atoms with Crippen LogP contribution >= 0.6 is 0 Å². The third kappa shape index (κ3) is 6.78. The standard InChI is InChI=1S/C26H32FN3O6S/c1-18-15-30(19(2)17-31)37(33,34)25-12-11-20(8-7-13-35-4)14-23(25)36-24(18)16-29(3)26(32)28-22-10-6-5-9-21(22)27/h5-6,9-12,14,18-19,24,31H,13,15-17H2,1-4H3,(H,28,32)/t18-,19+,24+/m0/s1. The molecule has 1 heterocycles. The second-order valence-electron chi connectivity index (χ2n) is 8.93. The number of carbonyl (C=O) groups excluding carboxylic acids is 1. The van der Waals surface area contributed by atoms with Gasteiger partial charge in [-0.15, -0.1) is 0 Å². The van der Waals surface area contributed by atoms with Gasteiger partial charge in [0.1, 0.15) is 29.2 Å². The summed E-state index contributed by atoms with van der Waals surface area (Å²) in [6.45, 7) is 3.43. The molecule has 11 heteroatoms. The van der Waals surface area contributed by atoms with Crippen molar-refractivity contribution in [2.24, 2.45) is 5.92 Å². The average Bonchev–Trinajstić information content (AvgIpc) is 2.87. The van der Waals surface area contributed by atoms with E-state index in [-0.39, 0.29) is 48.6 Å². The van der Waals surface area contributed by atoms with E-state index in [0.29, 0.717) is 5.56 Å². The fraction of sp³-hybridized carbons (Fsp3) is 0.423. The first-order valence-corrected chi connectivity index (χ1v) is 13.2. The number of likely N-dealkylation sites (N-methyl/N-ethyl adjacent to an activating group) is 1. The Balaban J connectivity index is 1.95. The molecule has 9 nitrogen and oxygen atoms in total. The highest BCUT2D eigenvalue weighted by atomic mass is 32.2. The Morgan fingerprint density at radius 2 is 2.08 bits per heavy atom. The number of nitrogens with zero attached hydrogens (tertiary/aromatic N) is 2. The lowest BCUT2D eigenvalue weighted by Gasteiger charge is -2.37. The zero-order valence-corrected chi connectivity index (χ0v) is 22.1. The molecule has 200 valence electrons. The maximum atomic E-state index is 14.0. The number of para-hydroxylation sites is 1. The van der Waals surface area contributed by atoms with Gasteiger partial charge in [0.05, 0.1) is 18.8 Å². The summed E-state index contributed by atoms with van der Waals surface area (Å²) in [6.07, 6.45) is -0.624. The Bertz CT molecular complexity index is 1280. The van der Waals surface area contributed by atoms with Gasteiger partial charge in [-0.05, 0) is 37.3 Å². The number of ether oxygens (including phenoxy) is 2. The van der Waals surface area contributed by atoms with Crippen LogP contribution in [0.1, 0.15) is 19.4 Å². The molecule has 0 saturated heterocycles. The number of sulfonamides is 1. The lowest BCUT2D eigenvalue weighted by atomic mass is 10.0. The summed E-state index contributed by atoms with van der Waals surface area (Å²) >= 11 is 0. The van der Waals surface area contributed by atoms with E-state index in [1.807, 2.05) is 6.92 Å². The van der Waals surface area contributed by atoms with Crippen LogP contribution in [0.3, 0.4) is 0 Å². The summed E-state index contributed by atoms with van der Waals surface area (Å²) in [5.41, 5.74) is 0.579. The fourth-order valence-corrected chi connectivity index (χ4v) is 5.68. The van der Waals surface area contributed by atoms with Crippen LogP contribution in [0, 0.1) is 23.6 Å². The number of amides is 2. The first-order valence-electron chi connectivity index (χ1n) is 11.8. The number of hydrogen-bond donors (Lipinski definition) is 2. The molecule has 1 aliphatic heterocycles. The molecule has 0 radical (unpaired) electrons. The molecule has 0 spiro atoms. The molecule has 0 bridgehead atoms. The maximum absolute atomic E-state index is 14.0. The van der Waals surface area contributed by atoms with Crippen molar-refractivity contribution in [2.75, 3.05) is 45.8 Å². The summed E-state index contributed by atoms with van der Waals surface area (Å²) < 4.78 is 53.5. The number of urea groups is 1. The van der Waals surface area contributed by atoms with E-state index in [4.69, 9.17) is 9.47 Å². The Labute approximate surface area is 217 Å². The molecule has 2 N–H and O–H groups in total. The number of hydrogen-bond acceptors (Lipinski definition) is 6.